The van der Waals surface area contributed by atoms with Crippen LogP contribution in [0.5, 0.6) is 0 Å². The zero-order valence-corrected chi connectivity index (χ0v) is 12.4. The number of ether oxygens (including phenoxy) is 1. The maximum absolute atomic E-state index is 13.8. The summed E-state index contributed by atoms with van der Waals surface area (Å²) in [5, 5.41) is 1.64. The van der Waals surface area contributed by atoms with Gasteiger partial charge in [0, 0.05) is 5.39 Å². The number of alkyl halides is 1. The second-order valence-electron chi connectivity index (χ2n) is 5.15. The van der Waals surface area contributed by atoms with Crippen LogP contribution in [0.4, 0.5) is 4.39 Å². The molecule has 1 aliphatic heterocycles. The van der Waals surface area contributed by atoms with Crippen LogP contribution in [-0.4, -0.2) is 12.2 Å². The molecule has 0 radical (unpaired) electrons. The summed E-state index contributed by atoms with van der Waals surface area (Å²) >= 11 is 3.74. The van der Waals surface area contributed by atoms with Gasteiger partial charge in [-0.2, -0.15) is 0 Å². The average molecular weight is 323 g/mol. The van der Waals surface area contributed by atoms with Gasteiger partial charge in [-0.3, -0.25) is 0 Å². The number of fused-ring (bicyclic) bond motifs is 1. The van der Waals surface area contributed by atoms with Crippen LogP contribution in [0.3, 0.4) is 0 Å². The standard InChI is InChI=1S/C16H16BrFO/c1-10-6-9-15(19-10)16(17)13-7-8-14(18)12-5-3-2-4-11(12)13/h2-5,7-8,10,15-16H,6,9H2,1H3. The van der Waals surface area contributed by atoms with Crippen LogP contribution < -0.4 is 0 Å². The van der Waals surface area contributed by atoms with E-state index >= 15 is 0 Å². The second kappa shape index (κ2) is 5.22. The molecular formula is C16H16BrFO. The first-order chi connectivity index (χ1) is 9.16. The van der Waals surface area contributed by atoms with Gasteiger partial charge in [-0.15, -0.1) is 0 Å². The molecule has 0 aromatic heterocycles. The van der Waals surface area contributed by atoms with E-state index in [2.05, 4.69) is 22.9 Å². The van der Waals surface area contributed by atoms with Gasteiger partial charge in [0.05, 0.1) is 17.0 Å². The third-order valence-corrected chi connectivity index (χ3v) is 4.88. The number of halogens is 2. The van der Waals surface area contributed by atoms with E-state index in [1.54, 1.807) is 6.07 Å². The molecule has 0 N–H and O–H groups in total. The maximum atomic E-state index is 13.8. The molecule has 1 saturated heterocycles. The summed E-state index contributed by atoms with van der Waals surface area (Å²) in [6.07, 6.45) is 2.62. The Bertz CT molecular complexity index is 598. The summed E-state index contributed by atoms with van der Waals surface area (Å²) < 4.78 is 19.7. The summed E-state index contributed by atoms with van der Waals surface area (Å²) in [6.45, 7) is 2.10. The predicted octanol–water partition coefficient (Wildman–Crippen LogP) is 4.98. The van der Waals surface area contributed by atoms with Gasteiger partial charge >= 0.3 is 0 Å². The highest BCUT2D eigenvalue weighted by Gasteiger charge is 2.30. The summed E-state index contributed by atoms with van der Waals surface area (Å²) in [5.74, 6) is -0.167. The topological polar surface area (TPSA) is 9.23 Å². The van der Waals surface area contributed by atoms with Crippen molar-refractivity contribution in [2.75, 3.05) is 0 Å². The first-order valence-electron chi connectivity index (χ1n) is 6.63. The summed E-state index contributed by atoms with van der Waals surface area (Å²) in [4.78, 5) is 0.114. The van der Waals surface area contributed by atoms with Crippen molar-refractivity contribution in [1.29, 1.82) is 0 Å². The minimum atomic E-state index is -0.167. The molecule has 2 aromatic rings. The fourth-order valence-electron chi connectivity index (χ4n) is 2.78. The first kappa shape index (κ1) is 13.1. The molecule has 0 saturated carbocycles. The zero-order chi connectivity index (χ0) is 13.4. The molecule has 1 heterocycles. The molecule has 0 amide bonds. The van der Waals surface area contributed by atoms with E-state index in [1.807, 2.05) is 30.3 Å². The van der Waals surface area contributed by atoms with E-state index in [1.165, 1.54) is 0 Å². The SMILES string of the molecule is CC1CCC(C(Br)c2ccc(F)c3ccccc23)O1. The van der Waals surface area contributed by atoms with Gasteiger partial charge < -0.3 is 4.74 Å². The lowest BCUT2D eigenvalue weighted by atomic mass is 9.98. The lowest BCUT2D eigenvalue weighted by Crippen LogP contribution is -2.14. The summed E-state index contributed by atoms with van der Waals surface area (Å²) in [7, 11) is 0. The van der Waals surface area contributed by atoms with E-state index in [4.69, 9.17) is 4.74 Å². The molecule has 3 atom stereocenters. The Morgan fingerprint density at radius 3 is 2.58 bits per heavy atom. The molecule has 3 unspecified atom stereocenters. The molecule has 19 heavy (non-hydrogen) atoms. The second-order valence-corrected chi connectivity index (χ2v) is 6.13. The highest BCUT2D eigenvalue weighted by molar-refractivity contribution is 9.09. The molecule has 3 heteroatoms. The fourth-order valence-corrected chi connectivity index (χ4v) is 3.56. The molecule has 0 aliphatic carbocycles. The van der Waals surface area contributed by atoms with Crippen LogP contribution in [-0.2, 0) is 4.74 Å². The van der Waals surface area contributed by atoms with E-state index in [9.17, 15) is 4.39 Å². The van der Waals surface area contributed by atoms with Crippen molar-refractivity contribution < 1.29 is 9.13 Å². The Morgan fingerprint density at radius 1 is 1.16 bits per heavy atom. The van der Waals surface area contributed by atoms with Crippen LogP contribution in [0.1, 0.15) is 30.2 Å². The Kier molecular flexibility index (Phi) is 3.59. The van der Waals surface area contributed by atoms with Gasteiger partial charge in [-0.1, -0.05) is 46.3 Å². The fraction of sp³-hybridized carbons (Fsp3) is 0.375. The minimum Gasteiger partial charge on any atom is -0.374 e. The van der Waals surface area contributed by atoms with Gasteiger partial charge in [0.1, 0.15) is 5.82 Å². The first-order valence-corrected chi connectivity index (χ1v) is 7.55. The Morgan fingerprint density at radius 2 is 1.89 bits per heavy atom. The molecule has 1 aliphatic rings. The Balaban J connectivity index is 2.03. The monoisotopic (exact) mass is 322 g/mol. The third-order valence-electron chi connectivity index (χ3n) is 3.79. The molecule has 1 nitrogen and oxygen atoms in total. The van der Waals surface area contributed by atoms with Gasteiger partial charge in [-0.05, 0) is 36.8 Å². The Hall–Kier alpha value is -0.930. The predicted molar refractivity (Wildman–Crippen MR) is 79.1 cm³/mol. The number of rotatable bonds is 2. The van der Waals surface area contributed by atoms with Crippen LogP contribution in [0, 0.1) is 5.82 Å². The van der Waals surface area contributed by atoms with Crippen LogP contribution in [0.2, 0.25) is 0 Å². The van der Waals surface area contributed by atoms with Crippen molar-refractivity contribution in [2.45, 2.75) is 36.8 Å². The van der Waals surface area contributed by atoms with Crippen molar-refractivity contribution in [2.24, 2.45) is 0 Å². The van der Waals surface area contributed by atoms with E-state index in [-0.39, 0.29) is 16.7 Å². The van der Waals surface area contributed by atoms with Crippen molar-refractivity contribution in [3.05, 3.63) is 47.8 Å². The highest BCUT2D eigenvalue weighted by atomic mass is 79.9. The molecular weight excluding hydrogens is 307 g/mol. The van der Waals surface area contributed by atoms with Gasteiger partial charge in [-0.25, -0.2) is 4.39 Å². The molecule has 0 spiro atoms. The summed E-state index contributed by atoms with van der Waals surface area (Å²) in [6, 6.07) is 11.0. The quantitative estimate of drug-likeness (QED) is 0.708. The van der Waals surface area contributed by atoms with Crippen LogP contribution in [0.15, 0.2) is 36.4 Å². The van der Waals surface area contributed by atoms with Gasteiger partial charge in [0.2, 0.25) is 0 Å². The van der Waals surface area contributed by atoms with E-state index in [0.29, 0.717) is 11.5 Å². The lowest BCUT2D eigenvalue weighted by molar-refractivity contribution is 0.0558. The zero-order valence-electron chi connectivity index (χ0n) is 10.8. The molecule has 1 fully saturated rings. The molecule has 2 aromatic carbocycles. The Labute approximate surface area is 120 Å². The van der Waals surface area contributed by atoms with Crippen LogP contribution >= 0.6 is 15.9 Å². The maximum Gasteiger partial charge on any atom is 0.131 e. The van der Waals surface area contributed by atoms with Gasteiger partial charge in [0.15, 0.2) is 0 Å². The van der Waals surface area contributed by atoms with Crippen molar-refractivity contribution in [1.82, 2.24) is 0 Å². The van der Waals surface area contributed by atoms with Gasteiger partial charge in [0.25, 0.3) is 0 Å². The van der Waals surface area contributed by atoms with E-state index < -0.39 is 0 Å². The average Bonchev–Trinajstić information content (AvgIpc) is 2.86. The molecule has 3 rings (SSSR count). The van der Waals surface area contributed by atoms with Crippen molar-refractivity contribution in [3.8, 4) is 0 Å². The van der Waals surface area contributed by atoms with Crippen molar-refractivity contribution >= 4 is 26.7 Å². The number of hydrogen-bond acceptors (Lipinski definition) is 1. The highest BCUT2D eigenvalue weighted by Crippen LogP contribution is 2.39. The number of benzene rings is 2. The number of hydrogen-bond donors (Lipinski definition) is 0. The molecule has 0 bridgehead atoms. The third kappa shape index (κ3) is 2.41. The van der Waals surface area contributed by atoms with E-state index in [0.717, 1.165) is 23.8 Å². The molecule has 100 valence electrons. The summed E-state index contributed by atoms with van der Waals surface area (Å²) in [5.41, 5.74) is 1.11. The van der Waals surface area contributed by atoms with Crippen LogP contribution in [0.25, 0.3) is 10.8 Å². The lowest BCUT2D eigenvalue weighted by Gasteiger charge is -2.20. The van der Waals surface area contributed by atoms with Crippen molar-refractivity contribution in [3.63, 3.8) is 0 Å². The largest absolute Gasteiger partial charge is 0.374 e. The minimum absolute atomic E-state index is 0.114. The smallest absolute Gasteiger partial charge is 0.131 e. The normalized spacial score (nSPS) is 24.8.